The maximum absolute atomic E-state index is 13.0. The van der Waals surface area contributed by atoms with Crippen LogP contribution in [0.15, 0.2) is 54.6 Å². The molecule has 1 N–H and O–H groups in total. The molecule has 2 heterocycles. The molecule has 4 rings (SSSR count). The zero-order valence-corrected chi connectivity index (χ0v) is 14.8. The predicted octanol–water partition coefficient (Wildman–Crippen LogP) is 2.78. The number of hydrogen-bond acceptors (Lipinski definition) is 4. The lowest BCUT2D eigenvalue weighted by Gasteiger charge is -2.29. The largest absolute Gasteiger partial charge is 0.486 e. The van der Waals surface area contributed by atoms with Crippen LogP contribution in [0, 0.1) is 0 Å². The molecule has 0 saturated carbocycles. The molecule has 1 saturated heterocycles. The number of hydrogen-bond donors (Lipinski definition) is 1. The van der Waals surface area contributed by atoms with Crippen molar-refractivity contribution >= 4 is 5.91 Å². The highest BCUT2D eigenvalue weighted by atomic mass is 16.6. The third kappa shape index (κ3) is 3.68. The minimum absolute atomic E-state index is 0.0283. The van der Waals surface area contributed by atoms with Crippen LogP contribution in [0.1, 0.15) is 24.4 Å². The number of ether oxygens (including phenoxy) is 2. The number of fused-ring (bicyclic) bond motifs is 1. The molecule has 0 radical (unpaired) electrons. The monoisotopic (exact) mass is 352 g/mol. The highest BCUT2D eigenvalue weighted by molar-refractivity contribution is 5.83. The first kappa shape index (κ1) is 16.9. The molecule has 2 aromatic rings. The van der Waals surface area contributed by atoms with Gasteiger partial charge in [0.25, 0.3) is 0 Å². The smallest absolute Gasteiger partial charge is 0.242 e. The molecule has 5 nitrogen and oxygen atoms in total. The minimum Gasteiger partial charge on any atom is -0.486 e. The van der Waals surface area contributed by atoms with Gasteiger partial charge < -0.3 is 14.8 Å². The Morgan fingerprint density at radius 1 is 1.04 bits per heavy atom. The summed E-state index contributed by atoms with van der Waals surface area (Å²) in [5, 5.41) is 3.07. The van der Waals surface area contributed by atoms with Gasteiger partial charge in [-0.3, -0.25) is 9.69 Å². The molecule has 1 amide bonds. The Kier molecular flexibility index (Phi) is 5.07. The first-order valence-electron chi connectivity index (χ1n) is 9.26. The van der Waals surface area contributed by atoms with E-state index in [0.717, 1.165) is 43.0 Å². The predicted molar refractivity (Wildman–Crippen MR) is 99.4 cm³/mol. The molecule has 0 aliphatic carbocycles. The number of amides is 1. The van der Waals surface area contributed by atoms with Crippen LogP contribution in [-0.2, 0) is 4.79 Å². The SMILES string of the molecule is O=C(NC[C@@H]1COc2ccccc2O1)[C@@H](c1ccccc1)N1CCCC1. The molecule has 0 spiro atoms. The second-order valence-corrected chi connectivity index (χ2v) is 6.80. The van der Waals surface area contributed by atoms with E-state index in [1.807, 2.05) is 54.6 Å². The standard InChI is InChI=1S/C21H24N2O3/c24-21(20(23-12-6-7-13-23)16-8-2-1-3-9-16)22-14-17-15-25-18-10-4-5-11-19(18)26-17/h1-5,8-11,17,20H,6-7,12-15H2,(H,22,24)/t17-,20-/m1/s1. The Balaban J connectivity index is 1.41. The van der Waals surface area contributed by atoms with Crippen molar-refractivity contribution in [3.05, 3.63) is 60.2 Å². The molecule has 2 aliphatic heterocycles. The average molecular weight is 352 g/mol. The van der Waals surface area contributed by atoms with E-state index in [9.17, 15) is 4.79 Å². The van der Waals surface area contributed by atoms with Crippen molar-refractivity contribution < 1.29 is 14.3 Å². The summed E-state index contributed by atoms with van der Waals surface area (Å²) in [6.07, 6.45) is 2.11. The summed E-state index contributed by atoms with van der Waals surface area (Å²) >= 11 is 0. The molecule has 1 fully saturated rings. The fourth-order valence-electron chi connectivity index (χ4n) is 3.64. The number of benzene rings is 2. The van der Waals surface area contributed by atoms with Gasteiger partial charge in [-0.1, -0.05) is 42.5 Å². The molecule has 26 heavy (non-hydrogen) atoms. The molecule has 2 atom stereocenters. The maximum atomic E-state index is 13.0. The zero-order chi connectivity index (χ0) is 17.8. The van der Waals surface area contributed by atoms with Crippen LogP contribution < -0.4 is 14.8 Å². The van der Waals surface area contributed by atoms with Gasteiger partial charge in [0.05, 0.1) is 6.54 Å². The lowest BCUT2D eigenvalue weighted by molar-refractivity contribution is -0.126. The highest BCUT2D eigenvalue weighted by Gasteiger charge is 2.30. The minimum atomic E-state index is -0.240. The Morgan fingerprint density at radius 3 is 2.50 bits per heavy atom. The Labute approximate surface area is 153 Å². The molecule has 136 valence electrons. The van der Waals surface area contributed by atoms with E-state index in [2.05, 4.69) is 10.2 Å². The van der Waals surface area contributed by atoms with Crippen LogP contribution in [0.3, 0.4) is 0 Å². The van der Waals surface area contributed by atoms with Gasteiger partial charge in [0, 0.05) is 0 Å². The lowest BCUT2D eigenvalue weighted by atomic mass is 10.0. The summed E-state index contributed by atoms with van der Waals surface area (Å²) in [7, 11) is 0. The van der Waals surface area contributed by atoms with E-state index in [4.69, 9.17) is 9.47 Å². The Morgan fingerprint density at radius 2 is 1.73 bits per heavy atom. The van der Waals surface area contributed by atoms with Crippen molar-refractivity contribution in [3.8, 4) is 11.5 Å². The highest BCUT2D eigenvalue weighted by Crippen LogP contribution is 2.31. The van der Waals surface area contributed by atoms with Crippen molar-refractivity contribution in [2.45, 2.75) is 25.0 Å². The van der Waals surface area contributed by atoms with Gasteiger partial charge in [-0.25, -0.2) is 0 Å². The van der Waals surface area contributed by atoms with Crippen molar-refractivity contribution in [1.82, 2.24) is 10.2 Å². The lowest BCUT2D eigenvalue weighted by Crippen LogP contribution is -2.45. The number of rotatable bonds is 5. The third-order valence-corrected chi connectivity index (χ3v) is 4.94. The number of likely N-dealkylation sites (tertiary alicyclic amines) is 1. The maximum Gasteiger partial charge on any atom is 0.242 e. The summed E-state index contributed by atoms with van der Waals surface area (Å²) in [5.74, 6) is 1.52. The second kappa shape index (κ2) is 7.79. The average Bonchev–Trinajstić information content (AvgIpc) is 3.21. The fourth-order valence-corrected chi connectivity index (χ4v) is 3.64. The van der Waals surface area contributed by atoms with E-state index in [1.165, 1.54) is 0 Å². The van der Waals surface area contributed by atoms with Gasteiger partial charge in [-0.05, 0) is 43.6 Å². The summed E-state index contributed by atoms with van der Waals surface area (Å²) in [6, 6.07) is 17.4. The number of nitrogens with one attached hydrogen (secondary N) is 1. The number of carbonyl (C=O) groups excluding carboxylic acids is 1. The molecule has 0 aromatic heterocycles. The molecule has 5 heteroatoms. The molecule has 2 aromatic carbocycles. The van der Waals surface area contributed by atoms with E-state index < -0.39 is 0 Å². The number of nitrogens with zero attached hydrogens (tertiary/aromatic N) is 1. The number of para-hydroxylation sites is 2. The van der Waals surface area contributed by atoms with Crippen LogP contribution in [0.2, 0.25) is 0 Å². The van der Waals surface area contributed by atoms with Crippen molar-refractivity contribution in [3.63, 3.8) is 0 Å². The van der Waals surface area contributed by atoms with Crippen molar-refractivity contribution in [2.75, 3.05) is 26.2 Å². The summed E-state index contributed by atoms with van der Waals surface area (Å²) in [5.41, 5.74) is 1.04. The van der Waals surface area contributed by atoms with Gasteiger partial charge in [0.1, 0.15) is 18.8 Å². The van der Waals surface area contributed by atoms with Crippen LogP contribution in [0.4, 0.5) is 0 Å². The van der Waals surface area contributed by atoms with Gasteiger partial charge >= 0.3 is 0 Å². The molecule has 2 aliphatic rings. The van der Waals surface area contributed by atoms with E-state index in [1.54, 1.807) is 0 Å². The molecular formula is C21H24N2O3. The Bertz CT molecular complexity index is 744. The van der Waals surface area contributed by atoms with Crippen LogP contribution in [0.5, 0.6) is 11.5 Å². The normalized spacial score (nSPS) is 20.5. The van der Waals surface area contributed by atoms with Crippen molar-refractivity contribution in [2.24, 2.45) is 0 Å². The van der Waals surface area contributed by atoms with Crippen LogP contribution >= 0.6 is 0 Å². The van der Waals surface area contributed by atoms with E-state index in [-0.39, 0.29) is 18.1 Å². The van der Waals surface area contributed by atoms with E-state index >= 15 is 0 Å². The Hall–Kier alpha value is -2.53. The van der Waals surface area contributed by atoms with Gasteiger partial charge in [0.15, 0.2) is 11.5 Å². The first-order chi connectivity index (χ1) is 12.8. The van der Waals surface area contributed by atoms with Gasteiger partial charge in [-0.15, -0.1) is 0 Å². The van der Waals surface area contributed by atoms with Gasteiger partial charge in [0.2, 0.25) is 5.91 Å². The van der Waals surface area contributed by atoms with Crippen LogP contribution in [-0.4, -0.2) is 43.2 Å². The first-order valence-corrected chi connectivity index (χ1v) is 9.26. The molecule has 0 unspecified atom stereocenters. The van der Waals surface area contributed by atoms with Crippen molar-refractivity contribution in [1.29, 1.82) is 0 Å². The summed E-state index contributed by atoms with van der Waals surface area (Å²) in [6.45, 7) is 2.80. The summed E-state index contributed by atoms with van der Waals surface area (Å²) < 4.78 is 11.7. The second-order valence-electron chi connectivity index (χ2n) is 6.80. The van der Waals surface area contributed by atoms with E-state index in [0.29, 0.717) is 13.2 Å². The quantitative estimate of drug-likeness (QED) is 0.899. The zero-order valence-electron chi connectivity index (χ0n) is 14.8. The topological polar surface area (TPSA) is 50.8 Å². The van der Waals surface area contributed by atoms with Gasteiger partial charge in [-0.2, -0.15) is 0 Å². The molecular weight excluding hydrogens is 328 g/mol. The summed E-state index contributed by atoms with van der Waals surface area (Å²) in [4.78, 5) is 15.2. The number of carbonyl (C=O) groups is 1. The van der Waals surface area contributed by atoms with Crippen LogP contribution in [0.25, 0.3) is 0 Å². The third-order valence-electron chi connectivity index (χ3n) is 4.94. The molecule has 0 bridgehead atoms. The fraction of sp³-hybridized carbons (Fsp3) is 0.381.